The van der Waals surface area contributed by atoms with Crippen molar-refractivity contribution in [3.63, 3.8) is 0 Å². The van der Waals surface area contributed by atoms with Crippen molar-refractivity contribution in [1.29, 1.82) is 0 Å². The van der Waals surface area contributed by atoms with E-state index in [1.165, 1.54) is 12.1 Å². The Balaban J connectivity index is 1.62. The lowest BCUT2D eigenvalue weighted by Crippen LogP contribution is -2.15. The van der Waals surface area contributed by atoms with Gasteiger partial charge in [0.2, 0.25) is 11.8 Å². The zero-order valence-corrected chi connectivity index (χ0v) is 20.2. The minimum absolute atomic E-state index is 0.0859. The predicted octanol–water partition coefficient (Wildman–Crippen LogP) is 6.31. The summed E-state index contributed by atoms with van der Waals surface area (Å²) in [5.41, 5.74) is 1.28. The van der Waals surface area contributed by atoms with E-state index >= 15 is 0 Å². The summed E-state index contributed by atoms with van der Waals surface area (Å²) in [7, 11) is -3.87. The van der Waals surface area contributed by atoms with Crippen LogP contribution in [-0.2, 0) is 10.0 Å². The van der Waals surface area contributed by atoms with Crippen molar-refractivity contribution in [2.24, 2.45) is 0 Å². The summed E-state index contributed by atoms with van der Waals surface area (Å²) in [5.74, 6) is 1.47. The molecule has 0 aliphatic heterocycles. The third-order valence-electron chi connectivity index (χ3n) is 5.11. The SMILES string of the molecule is CCCCCOc1ccc(-c2cc(Oc3ccccc3)nc(NS(=O)(=O)c3ccccc3)n2)cc1. The van der Waals surface area contributed by atoms with E-state index in [9.17, 15) is 8.42 Å². The fourth-order valence-electron chi connectivity index (χ4n) is 3.32. The number of sulfonamides is 1. The van der Waals surface area contributed by atoms with Crippen molar-refractivity contribution < 1.29 is 17.9 Å². The van der Waals surface area contributed by atoms with Crippen molar-refractivity contribution in [2.75, 3.05) is 11.3 Å². The van der Waals surface area contributed by atoms with Crippen LogP contribution in [0.15, 0.2) is 95.9 Å². The molecule has 35 heavy (non-hydrogen) atoms. The first-order chi connectivity index (χ1) is 17.0. The quantitative estimate of drug-likeness (QED) is 0.248. The van der Waals surface area contributed by atoms with Gasteiger partial charge in [0.05, 0.1) is 17.2 Å². The maximum absolute atomic E-state index is 12.9. The maximum Gasteiger partial charge on any atom is 0.264 e. The molecule has 0 unspecified atom stereocenters. The molecule has 0 aliphatic rings. The Kier molecular flexibility index (Phi) is 7.95. The van der Waals surface area contributed by atoms with E-state index in [4.69, 9.17) is 9.47 Å². The monoisotopic (exact) mass is 489 g/mol. The number of para-hydroxylation sites is 1. The van der Waals surface area contributed by atoms with Crippen molar-refractivity contribution in [1.82, 2.24) is 9.97 Å². The van der Waals surface area contributed by atoms with Crippen LogP contribution in [0.1, 0.15) is 26.2 Å². The molecule has 0 radical (unpaired) electrons. The minimum Gasteiger partial charge on any atom is -0.494 e. The molecule has 7 nitrogen and oxygen atoms in total. The second kappa shape index (κ2) is 11.5. The zero-order valence-electron chi connectivity index (χ0n) is 19.4. The van der Waals surface area contributed by atoms with Gasteiger partial charge in [0.25, 0.3) is 10.0 Å². The summed E-state index contributed by atoms with van der Waals surface area (Å²) in [6, 6.07) is 26.4. The topological polar surface area (TPSA) is 90.4 Å². The molecule has 1 N–H and O–H groups in total. The van der Waals surface area contributed by atoms with Crippen LogP contribution >= 0.6 is 0 Å². The molecule has 8 heteroatoms. The van der Waals surface area contributed by atoms with Crippen LogP contribution in [0.3, 0.4) is 0 Å². The van der Waals surface area contributed by atoms with Gasteiger partial charge in [-0.3, -0.25) is 0 Å². The number of aromatic nitrogens is 2. The number of rotatable bonds is 11. The molecule has 0 saturated carbocycles. The van der Waals surface area contributed by atoms with Gasteiger partial charge in [0.15, 0.2) is 0 Å². The first-order valence-corrected chi connectivity index (χ1v) is 12.9. The standard InChI is InChI=1S/C27H27N3O4S/c1-2-3-10-19-33-22-17-15-21(16-18-22)25-20-26(34-23-11-6-4-7-12-23)29-27(28-25)30-35(31,32)24-13-8-5-9-14-24/h4-9,11-18,20H,2-3,10,19H2,1H3,(H,28,29,30). The van der Waals surface area contributed by atoms with E-state index in [1.807, 2.05) is 42.5 Å². The summed E-state index contributed by atoms with van der Waals surface area (Å²) in [6.45, 7) is 2.82. The van der Waals surface area contributed by atoms with E-state index < -0.39 is 10.0 Å². The van der Waals surface area contributed by atoms with Gasteiger partial charge in [-0.05, 0) is 55.0 Å². The van der Waals surface area contributed by atoms with Crippen LogP contribution in [-0.4, -0.2) is 25.0 Å². The van der Waals surface area contributed by atoms with Crippen molar-refractivity contribution in [3.05, 3.63) is 91.0 Å². The second-order valence-electron chi connectivity index (χ2n) is 7.83. The lowest BCUT2D eigenvalue weighted by Gasteiger charge is -2.12. The van der Waals surface area contributed by atoms with Gasteiger partial charge in [-0.25, -0.2) is 18.1 Å². The highest BCUT2D eigenvalue weighted by Crippen LogP contribution is 2.28. The molecular formula is C27H27N3O4S. The van der Waals surface area contributed by atoms with E-state index in [-0.39, 0.29) is 16.7 Å². The Hall–Kier alpha value is -3.91. The third kappa shape index (κ3) is 6.80. The molecular weight excluding hydrogens is 462 g/mol. The van der Waals surface area contributed by atoms with Gasteiger partial charge in [-0.15, -0.1) is 0 Å². The van der Waals surface area contributed by atoms with Crippen molar-refractivity contribution in [2.45, 2.75) is 31.1 Å². The predicted molar refractivity (Wildman–Crippen MR) is 136 cm³/mol. The molecule has 0 atom stereocenters. The number of unbranched alkanes of at least 4 members (excludes halogenated alkanes) is 2. The highest BCUT2D eigenvalue weighted by molar-refractivity contribution is 7.92. The summed E-state index contributed by atoms with van der Waals surface area (Å²) in [6.07, 6.45) is 3.28. The normalized spacial score (nSPS) is 11.1. The molecule has 0 saturated heterocycles. The molecule has 3 aromatic carbocycles. The summed E-state index contributed by atoms with van der Waals surface area (Å²) >= 11 is 0. The zero-order chi connectivity index (χ0) is 24.5. The van der Waals surface area contributed by atoms with E-state index in [0.717, 1.165) is 30.6 Å². The van der Waals surface area contributed by atoms with Gasteiger partial charge in [0.1, 0.15) is 11.5 Å². The highest BCUT2D eigenvalue weighted by atomic mass is 32.2. The van der Waals surface area contributed by atoms with E-state index in [0.29, 0.717) is 18.1 Å². The average Bonchev–Trinajstić information content (AvgIpc) is 2.88. The minimum atomic E-state index is -3.87. The van der Waals surface area contributed by atoms with Crippen LogP contribution in [0.2, 0.25) is 0 Å². The molecule has 0 fully saturated rings. The molecule has 1 heterocycles. The molecule has 180 valence electrons. The van der Waals surface area contributed by atoms with Gasteiger partial charge < -0.3 is 9.47 Å². The number of ether oxygens (including phenoxy) is 2. The number of benzene rings is 3. The van der Waals surface area contributed by atoms with Crippen LogP contribution in [0.25, 0.3) is 11.3 Å². The number of nitrogens with one attached hydrogen (secondary N) is 1. The fraction of sp³-hybridized carbons (Fsp3) is 0.185. The summed E-state index contributed by atoms with van der Waals surface area (Å²) in [4.78, 5) is 8.86. The van der Waals surface area contributed by atoms with Crippen LogP contribution in [0, 0.1) is 0 Å². The van der Waals surface area contributed by atoms with Gasteiger partial charge in [0, 0.05) is 11.6 Å². The molecule has 4 aromatic rings. The van der Waals surface area contributed by atoms with Crippen molar-refractivity contribution in [3.8, 4) is 28.6 Å². The smallest absolute Gasteiger partial charge is 0.264 e. The molecule has 1 aromatic heterocycles. The average molecular weight is 490 g/mol. The van der Waals surface area contributed by atoms with Crippen LogP contribution < -0.4 is 14.2 Å². The first kappa shape index (κ1) is 24.2. The lowest BCUT2D eigenvalue weighted by molar-refractivity contribution is 0.306. The lowest BCUT2D eigenvalue weighted by atomic mass is 10.1. The number of hydrogen-bond donors (Lipinski definition) is 1. The molecule has 0 aliphatic carbocycles. The Morgan fingerprint density at radius 1 is 0.800 bits per heavy atom. The first-order valence-electron chi connectivity index (χ1n) is 11.5. The summed E-state index contributed by atoms with van der Waals surface area (Å²) < 4.78 is 39.9. The Morgan fingerprint density at radius 3 is 2.17 bits per heavy atom. The third-order valence-corrected chi connectivity index (χ3v) is 6.46. The largest absolute Gasteiger partial charge is 0.494 e. The molecule has 4 rings (SSSR count). The molecule has 0 spiro atoms. The second-order valence-corrected chi connectivity index (χ2v) is 9.51. The van der Waals surface area contributed by atoms with Gasteiger partial charge in [-0.1, -0.05) is 56.2 Å². The Bertz CT molecular complexity index is 1330. The number of hydrogen-bond acceptors (Lipinski definition) is 6. The number of nitrogens with zero attached hydrogens (tertiary/aromatic N) is 2. The Morgan fingerprint density at radius 2 is 1.49 bits per heavy atom. The maximum atomic E-state index is 12.9. The molecule has 0 amide bonds. The summed E-state index contributed by atoms with van der Waals surface area (Å²) in [5, 5.41) is 0. The van der Waals surface area contributed by atoms with Crippen molar-refractivity contribution >= 4 is 16.0 Å². The van der Waals surface area contributed by atoms with E-state index in [2.05, 4.69) is 21.6 Å². The van der Waals surface area contributed by atoms with Gasteiger partial charge in [-0.2, -0.15) is 4.98 Å². The van der Waals surface area contributed by atoms with Gasteiger partial charge >= 0.3 is 0 Å². The highest BCUT2D eigenvalue weighted by Gasteiger charge is 2.17. The van der Waals surface area contributed by atoms with Crippen LogP contribution in [0.4, 0.5) is 5.95 Å². The molecule has 0 bridgehead atoms. The van der Waals surface area contributed by atoms with E-state index in [1.54, 1.807) is 36.4 Å². The number of anilines is 1. The fourth-order valence-corrected chi connectivity index (χ4v) is 4.29. The van der Waals surface area contributed by atoms with Crippen LogP contribution in [0.5, 0.6) is 17.4 Å². The Labute approximate surface area is 205 Å².